The van der Waals surface area contributed by atoms with E-state index in [1.807, 2.05) is 0 Å². The molecule has 2 rings (SSSR count). The van der Waals surface area contributed by atoms with Gasteiger partial charge in [-0.1, -0.05) is 11.6 Å². The van der Waals surface area contributed by atoms with Crippen LogP contribution >= 0.6 is 11.6 Å². The molecule has 9 heteroatoms. The molecule has 140 valence electrons. The van der Waals surface area contributed by atoms with Crippen molar-refractivity contribution in [1.82, 2.24) is 4.72 Å². The molecule has 26 heavy (non-hydrogen) atoms. The topological polar surface area (TPSA) is 93.7 Å². The third kappa shape index (κ3) is 4.87. The van der Waals surface area contributed by atoms with Gasteiger partial charge in [-0.05, 0) is 49.4 Å². The van der Waals surface area contributed by atoms with Crippen molar-refractivity contribution in [2.75, 3.05) is 19.5 Å². The predicted octanol–water partition coefficient (Wildman–Crippen LogP) is 2.66. The van der Waals surface area contributed by atoms with Gasteiger partial charge in [-0.3, -0.25) is 4.79 Å². The van der Waals surface area contributed by atoms with Crippen molar-refractivity contribution in [3.8, 4) is 11.5 Å². The highest BCUT2D eigenvalue weighted by molar-refractivity contribution is 7.89. The van der Waals surface area contributed by atoms with Gasteiger partial charge in [0.15, 0.2) is 0 Å². The maximum atomic E-state index is 12.4. The van der Waals surface area contributed by atoms with E-state index in [-0.39, 0.29) is 4.90 Å². The third-order valence-electron chi connectivity index (χ3n) is 3.51. The zero-order valence-corrected chi connectivity index (χ0v) is 16.0. The van der Waals surface area contributed by atoms with Crippen LogP contribution in [-0.2, 0) is 14.8 Å². The van der Waals surface area contributed by atoms with Crippen LogP contribution in [0, 0.1) is 0 Å². The summed E-state index contributed by atoms with van der Waals surface area (Å²) in [5.41, 5.74) is 0.348. The molecule has 2 N–H and O–H groups in total. The number of benzene rings is 2. The molecule has 0 bridgehead atoms. The quantitative estimate of drug-likeness (QED) is 0.747. The SMILES string of the molecule is COc1ccc(S(=O)(=O)N[C@@H](C)C(=O)Nc2cc(Cl)ccc2OC)cc1. The molecule has 0 heterocycles. The summed E-state index contributed by atoms with van der Waals surface area (Å²) in [6.45, 7) is 1.44. The Morgan fingerprint density at radius 1 is 1.08 bits per heavy atom. The first kappa shape index (κ1) is 20.0. The van der Waals surface area contributed by atoms with Crippen LogP contribution in [-0.4, -0.2) is 34.6 Å². The van der Waals surface area contributed by atoms with E-state index < -0.39 is 22.0 Å². The van der Waals surface area contributed by atoms with E-state index in [0.717, 1.165) is 0 Å². The van der Waals surface area contributed by atoms with Gasteiger partial charge in [0.05, 0.1) is 30.8 Å². The molecule has 0 aliphatic carbocycles. The number of amides is 1. The molecule has 2 aromatic carbocycles. The largest absolute Gasteiger partial charge is 0.497 e. The normalized spacial score (nSPS) is 12.3. The first-order valence-corrected chi connectivity index (χ1v) is 9.43. The van der Waals surface area contributed by atoms with Crippen molar-refractivity contribution in [3.05, 3.63) is 47.5 Å². The van der Waals surface area contributed by atoms with Crippen LogP contribution in [0.2, 0.25) is 5.02 Å². The Morgan fingerprint density at radius 2 is 1.73 bits per heavy atom. The van der Waals surface area contributed by atoms with Crippen LogP contribution in [0.4, 0.5) is 5.69 Å². The van der Waals surface area contributed by atoms with Crippen molar-refractivity contribution in [1.29, 1.82) is 0 Å². The molecular formula is C17H19ClN2O5S. The van der Waals surface area contributed by atoms with Gasteiger partial charge in [0, 0.05) is 5.02 Å². The van der Waals surface area contributed by atoms with Gasteiger partial charge in [-0.25, -0.2) is 8.42 Å². The summed E-state index contributed by atoms with van der Waals surface area (Å²) < 4.78 is 37.3. The van der Waals surface area contributed by atoms with E-state index in [4.69, 9.17) is 21.1 Å². The minimum atomic E-state index is -3.87. The molecule has 0 aromatic heterocycles. The number of carbonyl (C=O) groups is 1. The van der Waals surface area contributed by atoms with Crippen molar-refractivity contribution in [3.63, 3.8) is 0 Å². The molecular weight excluding hydrogens is 380 g/mol. The second-order valence-electron chi connectivity index (χ2n) is 5.35. The Kier molecular flexibility index (Phi) is 6.47. The van der Waals surface area contributed by atoms with Crippen LogP contribution in [0.3, 0.4) is 0 Å². The highest BCUT2D eigenvalue weighted by Gasteiger charge is 2.23. The number of sulfonamides is 1. The molecule has 0 fully saturated rings. The first-order valence-electron chi connectivity index (χ1n) is 7.57. The molecule has 0 saturated carbocycles. The van der Waals surface area contributed by atoms with E-state index in [1.165, 1.54) is 51.5 Å². The Labute approximate surface area is 157 Å². The summed E-state index contributed by atoms with van der Waals surface area (Å²) in [6.07, 6.45) is 0. The van der Waals surface area contributed by atoms with E-state index in [9.17, 15) is 13.2 Å². The lowest BCUT2D eigenvalue weighted by Gasteiger charge is -2.16. The number of nitrogens with one attached hydrogen (secondary N) is 2. The Bertz CT molecular complexity index is 885. The number of hydrogen-bond donors (Lipinski definition) is 2. The zero-order valence-electron chi connectivity index (χ0n) is 14.4. The molecule has 0 aliphatic heterocycles. The lowest BCUT2D eigenvalue weighted by atomic mass is 10.2. The van der Waals surface area contributed by atoms with Gasteiger partial charge < -0.3 is 14.8 Å². The summed E-state index contributed by atoms with van der Waals surface area (Å²) >= 11 is 5.92. The van der Waals surface area contributed by atoms with Crippen molar-refractivity contribution in [2.24, 2.45) is 0 Å². The second kappa shape index (κ2) is 8.39. The number of hydrogen-bond acceptors (Lipinski definition) is 5. The highest BCUT2D eigenvalue weighted by Crippen LogP contribution is 2.27. The molecule has 0 unspecified atom stereocenters. The maximum absolute atomic E-state index is 12.4. The number of anilines is 1. The summed E-state index contributed by atoms with van der Waals surface area (Å²) in [4.78, 5) is 12.4. The molecule has 7 nitrogen and oxygen atoms in total. The Balaban J connectivity index is 2.11. The molecule has 0 aliphatic rings. The summed E-state index contributed by atoms with van der Waals surface area (Å²) in [6, 6.07) is 9.55. The van der Waals surface area contributed by atoms with Crippen LogP contribution in [0.25, 0.3) is 0 Å². The fourth-order valence-corrected chi connectivity index (χ4v) is 3.50. The number of methoxy groups -OCH3 is 2. The number of ether oxygens (including phenoxy) is 2. The number of halogens is 1. The fourth-order valence-electron chi connectivity index (χ4n) is 2.13. The highest BCUT2D eigenvalue weighted by atomic mass is 35.5. The monoisotopic (exact) mass is 398 g/mol. The fraction of sp³-hybridized carbons (Fsp3) is 0.235. The van der Waals surface area contributed by atoms with Gasteiger partial charge in [-0.2, -0.15) is 4.72 Å². The van der Waals surface area contributed by atoms with Crippen LogP contribution in [0.15, 0.2) is 47.4 Å². The molecule has 1 atom stereocenters. The molecule has 0 spiro atoms. The second-order valence-corrected chi connectivity index (χ2v) is 7.50. The zero-order chi connectivity index (χ0) is 19.3. The average molecular weight is 399 g/mol. The van der Waals surface area contributed by atoms with Gasteiger partial charge in [0.2, 0.25) is 15.9 Å². The maximum Gasteiger partial charge on any atom is 0.242 e. The minimum absolute atomic E-state index is 0.0262. The van der Waals surface area contributed by atoms with Crippen LogP contribution < -0.4 is 19.5 Å². The number of rotatable bonds is 7. The van der Waals surface area contributed by atoms with E-state index in [2.05, 4.69) is 10.0 Å². The molecule has 0 radical (unpaired) electrons. The molecule has 0 saturated heterocycles. The van der Waals surface area contributed by atoms with Crippen LogP contribution in [0.1, 0.15) is 6.92 Å². The first-order chi connectivity index (χ1) is 12.3. The lowest BCUT2D eigenvalue weighted by molar-refractivity contribution is -0.117. The van der Waals surface area contributed by atoms with E-state index >= 15 is 0 Å². The Hall–Kier alpha value is -2.29. The summed E-state index contributed by atoms with van der Waals surface area (Å²) in [5.74, 6) is 0.387. The average Bonchev–Trinajstić information content (AvgIpc) is 2.61. The van der Waals surface area contributed by atoms with Gasteiger partial charge in [0.1, 0.15) is 11.5 Å². The standard InChI is InChI=1S/C17H19ClN2O5S/c1-11(17(21)19-15-10-12(18)4-9-16(15)25-3)20-26(22,23)14-7-5-13(24-2)6-8-14/h4-11,20H,1-3H3,(H,19,21)/t11-/m0/s1. The van der Waals surface area contributed by atoms with E-state index in [1.54, 1.807) is 12.1 Å². The summed E-state index contributed by atoms with van der Waals surface area (Å²) in [5, 5.41) is 3.01. The van der Waals surface area contributed by atoms with Crippen molar-refractivity contribution < 1.29 is 22.7 Å². The Morgan fingerprint density at radius 3 is 2.31 bits per heavy atom. The molecule has 1 amide bonds. The van der Waals surface area contributed by atoms with Crippen molar-refractivity contribution in [2.45, 2.75) is 17.9 Å². The lowest BCUT2D eigenvalue weighted by Crippen LogP contribution is -2.41. The van der Waals surface area contributed by atoms with Crippen LogP contribution in [0.5, 0.6) is 11.5 Å². The predicted molar refractivity (Wildman–Crippen MR) is 99.4 cm³/mol. The van der Waals surface area contributed by atoms with E-state index in [0.29, 0.717) is 22.2 Å². The van der Waals surface area contributed by atoms with Crippen molar-refractivity contribution >= 4 is 33.2 Å². The van der Waals surface area contributed by atoms with Gasteiger partial charge in [0.25, 0.3) is 0 Å². The smallest absolute Gasteiger partial charge is 0.242 e. The minimum Gasteiger partial charge on any atom is -0.497 e. The number of carbonyl (C=O) groups excluding carboxylic acids is 1. The summed E-state index contributed by atoms with van der Waals surface area (Å²) in [7, 11) is -0.932. The molecule has 2 aromatic rings. The van der Waals surface area contributed by atoms with Gasteiger partial charge in [-0.15, -0.1) is 0 Å². The van der Waals surface area contributed by atoms with Gasteiger partial charge >= 0.3 is 0 Å². The third-order valence-corrected chi connectivity index (χ3v) is 5.31.